The van der Waals surface area contributed by atoms with Crippen LogP contribution in [0.15, 0.2) is 42.5 Å². The Hall–Kier alpha value is -1.69. The molecule has 2 aromatic rings. The summed E-state index contributed by atoms with van der Waals surface area (Å²) in [6, 6.07) is 12.9. The number of nitrogens with one attached hydrogen (secondary N) is 1. The van der Waals surface area contributed by atoms with Gasteiger partial charge in [-0.2, -0.15) is 0 Å². The molecule has 0 heterocycles. The van der Waals surface area contributed by atoms with Crippen LogP contribution in [0.2, 0.25) is 10.0 Å². The zero-order chi connectivity index (χ0) is 23.0. The van der Waals surface area contributed by atoms with Crippen LogP contribution in [0.25, 0.3) is 0 Å². The lowest BCUT2D eigenvalue weighted by molar-refractivity contribution is -0.139. The molecule has 4 nitrogen and oxygen atoms in total. The van der Waals surface area contributed by atoms with Gasteiger partial charge in [-0.1, -0.05) is 66.0 Å². The van der Waals surface area contributed by atoms with Gasteiger partial charge in [-0.3, -0.25) is 9.59 Å². The molecule has 168 valence electrons. The number of rotatable bonds is 10. The number of aryl methyl sites for hydroxylation is 1. The minimum absolute atomic E-state index is 0.0129. The van der Waals surface area contributed by atoms with E-state index < -0.39 is 6.04 Å². The topological polar surface area (TPSA) is 49.4 Å². The molecule has 7 heteroatoms. The smallest absolute Gasteiger partial charge is 0.243 e. The van der Waals surface area contributed by atoms with Crippen LogP contribution in [0.3, 0.4) is 0 Å². The number of carbonyl (C=O) groups excluding carboxylic acids is 2. The van der Waals surface area contributed by atoms with Crippen LogP contribution < -0.4 is 5.32 Å². The van der Waals surface area contributed by atoms with Gasteiger partial charge in [0.2, 0.25) is 11.8 Å². The van der Waals surface area contributed by atoms with E-state index in [4.69, 9.17) is 23.2 Å². The summed E-state index contributed by atoms with van der Waals surface area (Å²) >= 11 is 13.7. The normalized spacial score (nSPS) is 12.0. The van der Waals surface area contributed by atoms with Gasteiger partial charge in [0, 0.05) is 28.4 Å². The number of benzene rings is 2. The van der Waals surface area contributed by atoms with E-state index in [1.165, 1.54) is 11.8 Å². The van der Waals surface area contributed by atoms with Gasteiger partial charge in [-0.05, 0) is 50.5 Å². The van der Waals surface area contributed by atoms with Gasteiger partial charge in [0.05, 0.1) is 5.75 Å². The van der Waals surface area contributed by atoms with E-state index in [1.54, 1.807) is 17.0 Å². The van der Waals surface area contributed by atoms with Crippen molar-refractivity contribution in [3.8, 4) is 0 Å². The summed E-state index contributed by atoms with van der Waals surface area (Å²) in [5.41, 5.74) is 3.06. The average molecular weight is 481 g/mol. The lowest BCUT2D eigenvalue weighted by atomic mass is 10.1. The summed E-state index contributed by atoms with van der Waals surface area (Å²) in [5, 5.41) is 4.13. The van der Waals surface area contributed by atoms with Gasteiger partial charge in [-0.15, -0.1) is 11.8 Å². The second-order valence-electron chi connectivity index (χ2n) is 7.83. The van der Waals surface area contributed by atoms with Crippen molar-refractivity contribution < 1.29 is 9.59 Å². The van der Waals surface area contributed by atoms with Crippen molar-refractivity contribution in [3.05, 3.63) is 69.2 Å². The van der Waals surface area contributed by atoms with Gasteiger partial charge in [0.1, 0.15) is 6.04 Å². The summed E-state index contributed by atoms with van der Waals surface area (Å²) in [6.45, 7) is 8.19. The Labute approximate surface area is 199 Å². The minimum atomic E-state index is -0.518. The van der Waals surface area contributed by atoms with Gasteiger partial charge >= 0.3 is 0 Å². The van der Waals surface area contributed by atoms with Gasteiger partial charge in [0.15, 0.2) is 0 Å². The maximum atomic E-state index is 13.2. The molecule has 2 rings (SSSR count). The Balaban J connectivity index is 2.15. The van der Waals surface area contributed by atoms with Crippen molar-refractivity contribution >= 4 is 46.8 Å². The number of halogens is 2. The molecule has 0 spiro atoms. The molecular weight excluding hydrogens is 451 g/mol. The predicted molar refractivity (Wildman–Crippen MR) is 132 cm³/mol. The fourth-order valence-electron chi connectivity index (χ4n) is 3.28. The first-order chi connectivity index (χ1) is 14.7. The van der Waals surface area contributed by atoms with E-state index in [-0.39, 0.29) is 23.6 Å². The molecule has 31 heavy (non-hydrogen) atoms. The van der Waals surface area contributed by atoms with E-state index in [2.05, 4.69) is 5.32 Å². The fraction of sp³-hybridized carbons (Fsp3) is 0.417. The first-order valence-corrected chi connectivity index (χ1v) is 12.3. The molecule has 1 atom stereocenters. The molecule has 0 aliphatic carbocycles. The zero-order valence-electron chi connectivity index (χ0n) is 18.5. The Bertz CT molecular complexity index is 905. The molecule has 0 radical (unpaired) electrons. The second kappa shape index (κ2) is 12.4. The molecule has 2 amide bonds. The molecule has 2 aromatic carbocycles. The summed E-state index contributed by atoms with van der Waals surface area (Å²) < 4.78 is 0. The SMILES string of the molecule is CC[C@@H](C(=O)NC(C)C)N(Cc1cccc(C)c1)C(=O)CSCc1ccc(Cl)cc1Cl. The van der Waals surface area contributed by atoms with Crippen molar-refractivity contribution in [2.45, 2.75) is 58.5 Å². The molecule has 1 N–H and O–H groups in total. The summed E-state index contributed by atoms with van der Waals surface area (Å²) in [5.74, 6) is 0.664. The Morgan fingerprint density at radius 2 is 1.87 bits per heavy atom. The maximum Gasteiger partial charge on any atom is 0.243 e. The average Bonchev–Trinajstić information content (AvgIpc) is 2.69. The predicted octanol–water partition coefficient (Wildman–Crippen LogP) is 5.87. The Kier molecular flexibility index (Phi) is 10.2. The molecule has 0 aliphatic heterocycles. The first-order valence-electron chi connectivity index (χ1n) is 10.4. The van der Waals surface area contributed by atoms with Crippen LogP contribution in [0.4, 0.5) is 0 Å². The van der Waals surface area contributed by atoms with Crippen molar-refractivity contribution in [3.63, 3.8) is 0 Å². The van der Waals surface area contributed by atoms with Crippen LogP contribution in [0.1, 0.15) is 43.9 Å². The van der Waals surface area contributed by atoms with Crippen molar-refractivity contribution in [1.82, 2.24) is 10.2 Å². The fourth-order valence-corrected chi connectivity index (χ4v) is 4.75. The molecule has 0 unspecified atom stereocenters. The minimum Gasteiger partial charge on any atom is -0.352 e. The van der Waals surface area contributed by atoms with Gasteiger partial charge < -0.3 is 10.2 Å². The lowest BCUT2D eigenvalue weighted by Crippen LogP contribution is -2.50. The summed E-state index contributed by atoms with van der Waals surface area (Å²) in [6.07, 6.45) is 0.545. The molecule has 0 aliphatic rings. The number of thioether (sulfide) groups is 1. The van der Waals surface area contributed by atoms with E-state index in [0.29, 0.717) is 28.8 Å². The largest absolute Gasteiger partial charge is 0.352 e. The molecular formula is C24H30Cl2N2O2S. The molecule has 0 bridgehead atoms. The highest BCUT2D eigenvalue weighted by atomic mass is 35.5. The summed E-state index contributed by atoms with van der Waals surface area (Å²) in [7, 11) is 0. The van der Waals surface area contributed by atoms with E-state index in [1.807, 2.05) is 58.0 Å². The monoisotopic (exact) mass is 480 g/mol. The highest BCUT2D eigenvalue weighted by Gasteiger charge is 2.28. The van der Waals surface area contributed by atoms with Crippen LogP contribution >= 0.6 is 35.0 Å². The highest BCUT2D eigenvalue weighted by molar-refractivity contribution is 7.99. The number of nitrogens with zero attached hydrogens (tertiary/aromatic N) is 1. The summed E-state index contributed by atoms with van der Waals surface area (Å²) in [4.78, 5) is 27.7. The first kappa shape index (κ1) is 25.6. The third-order valence-corrected chi connectivity index (χ3v) is 6.30. The molecule has 0 fully saturated rings. The number of hydrogen-bond acceptors (Lipinski definition) is 3. The van der Waals surface area contributed by atoms with Crippen LogP contribution in [-0.2, 0) is 21.9 Å². The van der Waals surface area contributed by atoms with Crippen molar-refractivity contribution in [1.29, 1.82) is 0 Å². The molecule has 0 aromatic heterocycles. The van der Waals surface area contributed by atoms with Gasteiger partial charge in [0.25, 0.3) is 0 Å². The quantitative estimate of drug-likeness (QED) is 0.462. The standard InChI is InChI=1S/C24H30Cl2N2O2S/c1-5-22(24(30)27-16(2)3)28(13-18-8-6-7-17(4)11-18)23(29)15-31-14-19-9-10-20(25)12-21(19)26/h6-12,16,22H,5,13-15H2,1-4H3,(H,27,30)/t22-/m0/s1. The van der Waals surface area contributed by atoms with E-state index in [0.717, 1.165) is 16.7 Å². The van der Waals surface area contributed by atoms with Crippen molar-refractivity contribution in [2.24, 2.45) is 0 Å². The van der Waals surface area contributed by atoms with Crippen molar-refractivity contribution in [2.75, 3.05) is 5.75 Å². The van der Waals surface area contributed by atoms with Crippen LogP contribution in [0.5, 0.6) is 0 Å². The molecule has 0 saturated heterocycles. The van der Waals surface area contributed by atoms with Crippen LogP contribution in [0, 0.1) is 6.92 Å². The third kappa shape index (κ3) is 8.06. The third-order valence-electron chi connectivity index (χ3n) is 4.75. The van der Waals surface area contributed by atoms with Crippen LogP contribution in [-0.4, -0.2) is 34.6 Å². The highest BCUT2D eigenvalue weighted by Crippen LogP contribution is 2.25. The number of hydrogen-bond donors (Lipinski definition) is 1. The lowest BCUT2D eigenvalue weighted by Gasteiger charge is -2.31. The molecule has 0 saturated carbocycles. The van der Waals surface area contributed by atoms with Gasteiger partial charge in [-0.25, -0.2) is 0 Å². The number of amides is 2. The zero-order valence-corrected chi connectivity index (χ0v) is 20.8. The number of carbonyl (C=O) groups is 2. The van der Waals surface area contributed by atoms with E-state index in [9.17, 15) is 9.59 Å². The van der Waals surface area contributed by atoms with E-state index >= 15 is 0 Å². The Morgan fingerprint density at radius 1 is 1.13 bits per heavy atom. The Morgan fingerprint density at radius 3 is 2.48 bits per heavy atom. The second-order valence-corrected chi connectivity index (χ2v) is 9.66. The maximum absolute atomic E-state index is 13.2.